The minimum Gasteiger partial charge on any atom is -0.352 e. The highest BCUT2D eigenvalue weighted by Crippen LogP contribution is 2.29. The highest BCUT2D eigenvalue weighted by molar-refractivity contribution is 5.93. The van der Waals surface area contributed by atoms with Crippen molar-refractivity contribution in [2.45, 2.75) is 52.5 Å². The number of rotatable bonds is 7. The number of nitrogens with one attached hydrogen (secondary N) is 2. The number of nitrogens with zero attached hydrogens (tertiary/aromatic N) is 2. The van der Waals surface area contributed by atoms with Crippen molar-refractivity contribution in [3.63, 3.8) is 0 Å². The maximum atomic E-state index is 12.5. The molecular weight excluding hydrogens is 376 g/mol. The summed E-state index contributed by atoms with van der Waals surface area (Å²) in [6.45, 7) is 10.8. The van der Waals surface area contributed by atoms with Crippen molar-refractivity contribution in [2.75, 3.05) is 44.6 Å². The molecule has 1 aliphatic heterocycles. The SMILES string of the molecule is CCc1ccccc1NC(=O)CN1CCN(CC(=O)N[C@@H]2CCC[C@H](C)[C@H]2C)CC1. The Morgan fingerprint density at radius 2 is 1.60 bits per heavy atom. The minimum atomic E-state index is 0.0301. The smallest absolute Gasteiger partial charge is 0.238 e. The summed E-state index contributed by atoms with van der Waals surface area (Å²) in [4.78, 5) is 29.4. The summed E-state index contributed by atoms with van der Waals surface area (Å²) < 4.78 is 0. The number of amides is 2. The molecule has 2 fully saturated rings. The van der Waals surface area contributed by atoms with Gasteiger partial charge in [0.05, 0.1) is 13.1 Å². The molecule has 0 radical (unpaired) electrons. The molecule has 0 aromatic heterocycles. The summed E-state index contributed by atoms with van der Waals surface area (Å²) in [5.41, 5.74) is 2.06. The van der Waals surface area contributed by atoms with Crippen molar-refractivity contribution in [1.82, 2.24) is 15.1 Å². The molecule has 0 bridgehead atoms. The summed E-state index contributed by atoms with van der Waals surface area (Å²) in [5, 5.41) is 6.32. The molecule has 0 spiro atoms. The number of carbonyl (C=O) groups excluding carboxylic acids is 2. The van der Waals surface area contributed by atoms with E-state index < -0.39 is 0 Å². The lowest BCUT2D eigenvalue weighted by atomic mass is 9.78. The highest BCUT2D eigenvalue weighted by atomic mass is 16.2. The summed E-state index contributed by atoms with van der Waals surface area (Å²) >= 11 is 0. The van der Waals surface area contributed by atoms with Gasteiger partial charge in [-0.3, -0.25) is 19.4 Å². The fraction of sp³-hybridized carbons (Fsp3) is 0.667. The quantitative estimate of drug-likeness (QED) is 0.720. The normalized spacial score (nSPS) is 25.6. The van der Waals surface area contributed by atoms with Gasteiger partial charge in [0.1, 0.15) is 0 Å². The average Bonchev–Trinajstić information content (AvgIpc) is 2.73. The third-order valence-corrected chi connectivity index (χ3v) is 6.92. The number of aryl methyl sites for hydroxylation is 1. The molecule has 1 aromatic carbocycles. The Hall–Kier alpha value is -1.92. The van der Waals surface area contributed by atoms with Crippen LogP contribution in [0.25, 0.3) is 0 Å². The second-order valence-electron chi connectivity index (χ2n) is 9.05. The Labute approximate surface area is 181 Å². The largest absolute Gasteiger partial charge is 0.352 e. The molecule has 6 nitrogen and oxygen atoms in total. The van der Waals surface area contributed by atoms with Gasteiger partial charge in [0.25, 0.3) is 0 Å². The predicted molar refractivity (Wildman–Crippen MR) is 121 cm³/mol. The molecule has 2 N–H and O–H groups in total. The second kappa shape index (κ2) is 10.9. The van der Waals surface area contributed by atoms with Crippen molar-refractivity contribution in [1.29, 1.82) is 0 Å². The van der Waals surface area contributed by atoms with Crippen molar-refractivity contribution in [2.24, 2.45) is 11.8 Å². The van der Waals surface area contributed by atoms with Crippen molar-refractivity contribution >= 4 is 17.5 Å². The van der Waals surface area contributed by atoms with Gasteiger partial charge in [-0.15, -0.1) is 0 Å². The van der Waals surface area contributed by atoms with Gasteiger partial charge in [0, 0.05) is 37.9 Å². The van der Waals surface area contributed by atoms with Crippen molar-refractivity contribution < 1.29 is 9.59 Å². The number of para-hydroxylation sites is 1. The zero-order valence-electron chi connectivity index (χ0n) is 18.8. The summed E-state index contributed by atoms with van der Waals surface area (Å²) in [7, 11) is 0. The molecular formula is C24H38N4O2. The first-order chi connectivity index (χ1) is 14.5. The number of benzene rings is 1. The van der Waals surface area contributed by atoms with E-state index in [9.17, 15) is 9.59 Å². The van der Waals surface area contributed by atoms with Gasteiger partial charge >= 0.3 is 0 Å². The molecule has 6 heteroatoms. The molecule has 1 saturated heterocycles. The molecule has 3 atom stereocenters. The minimum absolute atomic E-state index is 0.0301. The Kier molecular flexibility index (Phi) is 8.28. The first kappa shape index (κ1) is 22.8. The predicted octanol–water partition coefficient (Wildman–Crippen LogP) is 2.75. The van der Waals surface area contributed by atoms with Gasteiger partial charge in [-0.2, -0.15) is 0 Å². The summed E-state index contributed by atoms with van der Waals surface area (Å²) in [5.74, 6) is 1.41. The Morgan fingerprint density at radius 1 is 0.967 bits per heavy atom. The molecule has 2 aliphatic rings. The van der Waals surface area contributed by atoms with E-state index in [-0.39, 0.29) is 11.8 Å². The van der Waals surface area contributed by atoms with Crippen LogP contribution in [0.4, 0.5) is 5.69 Å². The fourth-order valence-electron chi connectivity index (χ4n) is 4.69. The highest BCUT2D eigenvalue weighted by Gasteiger charge is 2.29. The number of hydrogen-bond acceptors (Lipinski definition) is 4. The third kappa shape index (κ3) is 6.29. The van der Waals surface area contributed by atoms with Crippen LogP contribution >= 0.6 is 0 Å². The number of carbonyl (C=O) groups is 2. The molecule has 166 valence electrons. The van der Waals surface area contributed by atoms with Crippen LogP contribution in [0.1, 0.15) is 45.6 Å². The molecule has 2 amide bonds. The number of anilines is 1. The zero-order valence-corrected chi connectivity index (χ0v) is 18.8. The number of piperazine rings is 1. The van der Waals surface area contributed by atoms with E-state index in [1.165, 1.54) is 12.8 Å². The van der Waals surface area contributed by atoms with Crippen LogP contribution in [-0.4, -0.2) is 66.9 Å². The van der Waals surface area contributed by atoms with E-state index in [1.807, 2.05) is 24.3 Å². The van der Waals surface area contributed by atoms with Gasteiger partial charge in [0.2, 0.25) is 11.8 Å². The van der Waals surface area contributed by atoms with Gasteiger partial charge in [-0.05, 0) is 36.3 Å². The standard InChI is InChI=1S/C24H38N4O2/c1-4-20-9-5-6-10-22(20)26-24(30)17-28-14-12-27(13-15-28)16-23(29)25-21-11-7-8-18(2)19(21)3/h5-6,9-10,18-19,21H,4,7-8,11-17H2,1-3H3,(H,25,29)(H,26,30)/t18-,19+,21+/m0/s1. The molecule has 1 aliphatic carbocycles. The van der Waals surface area contributed by atoms with E-state index >= 15 is 0 Å². The van der Waals surface area contributed by atoms with E-state index in [0.29, 0.717) is 31.0 Å². The van der Waals surface area contributed by atoms with E-state index in [0.717, 1.165) is 50.3 Å². The Balaban J connectivity index is 1.38. The molecule has 1 saturated carbocycles. The lowest BCUT2D eigenvalue weighted by molar-refractivity contribution is -0.124. The Morgan fingerprint density at radius 3 is 2.27 bits per heavy atom. The van der Waals surface area contributed by atoms with Gasteiger partial charge in [-0.1, -0.05) is 51.8 Å². The second-order valence-corrected chi connectivity index (χ2v) is 9.05. The summed E-state index contributed by atoms with van der Waals surface area (Å²) in [6.07, 6.45) is 4.48. The maximum absolute atomic E-state index is 12.5. The van der Waals surface area contributed by atoms with Crippen LogP contribution in [-0.2, 0) is 16.0 Å². The molecule has 1 aromatic rings. The van der Waals surface area contributed by atoms with Gasteiger partial charge in [-0.25, -0.2) is 0 Å². The third-order valence-electron chi connectivity index (χ3n) is 6.92. The van der Waals surface area contributed by atoms with E-state index in [1.54, 1.807) is 0 Å². The van der Waals surface area contributed by atoms with E-state index in [2.05, 4.69) is 41.2 Å². The maximum Gasteiger partial charge on any atom is 0.238 e. The molecule has 3 rings (SSSR count). The zero-order chi connectivity index (χ0) is 21.5. The van der Waals surface area contributed by atoms with Crippen LogP contribution in [0, 0.1) is 11.8 Å². The Bertz CT molecular complexity index is 715. The first-order valence-corrected chi connectivity index (χ1v) is 11.6. The van der Waals surface area contributed by atoms with Gasteiger partial charge < -0.3 is 10.6 Å². The first-order valence-electron chi connectivity index (χ1n) is 11.6. The summed E-state index contributed by atoms with van der Waals surface area (Å²) in [6, 6.07) is 8.28. The van der Waals surface area contributed by atoms with Crippen LogP contribution in [0.3, 0.4) is 0 Å². The molecule has 0 unspecified atom stereocenters. The molecule has 1 heterocycles. The number of hydrogen-bond donors (Lipinski definition) is 2. The lowest BCUT2D eigenvalue weighted by Crippen LogP contribution is -2.52. The lowest BCUT2D eigenvalue weighted by Gasteiger charge is -2.36. The van der Waals surface area contributed by atoms with Crippen molar-refractivity contribution in [3.05, 3.63) is 29.8 Å². The van der Waals surface area contributed by atoms with Crippen molar-refractivity contribution in [3.8, 4) is 0 Å². The van der Waals surface area contributed by atoms with Crippen LogP contribution in [0.5, 0.6) is 0 Å². The van der Waals surface area contributed by atoms with Crippen LogP contribution in [0.2, 0.25) is 0 Å². The van der Waals surface area contributed by atoms with Gasteiger partial charge in [0.15, 0.2) is 0 Å². The van der Waals surface area contributed by atoms with Crippen LogP contribution in [0.15, 0.2) is 24.3 Å². The van der Waals surface area contributed by atoms with E-state index in [4.69, 9.17) is 0 Å². The topological polar surface area (TPSA) is 64.7 Å². The van der Waals surface area contributed by atoms with Crippen LogP contribution < -0.4 is 10.6 Å². The monoisotopic (exact) mass is 414 g/mol. The average molecular weight is 415 g/mol. The fourth-order valence-corrected chi connectivity index (χ4v) is 4.69. The molecule has 30 heavy (non-hydrogen) atoms.